The standard InChI is InChI=1S/C17H12O3.ClH/c18-14-6-1-12(2-7-14)3-9-16-10-5-13-4-8-15(19)11-17(13)20-16;/h1-11H,(H-,18,19);1H/b9-3+;. The molecule has 0 spiro atoms. The first-order chi connectivity index (χ1) is 9.70. The summed E-state index contributed by atoms with van der Waals surface area (Å²) in [5, 5.41) is 19.6. The lowest BCUT2D eigenvalue weighted by Crippen LogP contribution is -3.00. The highest BCUT2D eigenvalue weighted by atomic mass is 35.5. The first-order valence-corrected chi connectivity index (χ1v) is 6.24. The molecule has 1 aromatic heterocycles. The van der Waals surface area contributed by atoms with E-state index in [1.165, 1.54) is 0 Å². The smallest absolute Gasteiger partial charge is 0.364 e. The summed E-state index contributed by atoms with van der Waals surface area (Å²) in [4.78, 5) is 0. The average molecular weight is 301 g/mol. The number of phenols is 2. The van der Waals surface area contributed by atoms with Gasteiger partial charge in [0.2, 0.25) is 0 Å². The van der Waals surface area contributed by atoms with Crippen LogP contribution >= 0.6 is 0 Å². The molecule has 0 bridgehead atoms. The van der Waals surface area contributed by atoms with Crippen LogP contribution in [0.2, 0.25) is 0 Å². The topological polar surface area (TPSA) is 51.8 Å². The summed E-state index contributed by atoms with van der Waals surface area (Å²) >= 11 is 0. The van der Waals surface area contributed by atoms with Gasteiger partial charge >= 0.3 is 11.3 Å². The van der Waals surface area contributed by atoms with Crippen molar-refractivity contribution in [2.45, 2.75) is 0 Å². The van der Waals surface area contributed by atoms with Crippen LogP contribution in [0.1, 0.15) is 11.3 Å². The minimum Gasteiger partial charge on any atom is -1.00 e. The molecule has 0 unspecified atom stereocenters. The fraction of sp³-hybridized carbons (Fsp3) is 0. The van der Waals surface area contributed by atoms with Gasteiger partial charge in [0.25, 0.3) is 0 Å². The van der Waals surface area contributed by atoms with Crippen molar-refractivity contribution in [2.24, 2.45) is 0 Å². The van der Waals surface area contributed by atoms with Crippen molar-refractivity contribution in [2.75, 3.05) is 0 Å². The lowest BCUT2D eigenvalue weighted by molar-refractivity contribution is -0.00000649. The molecule has 0 atom stereocenters. The van der Waals surface area contributed by atoms with Crippen molar-refractivity contribution >= 4 is 23.1 Å². The molecule has 21 heavy (non-hydrogen) atoms. The molecule has 4 heteroatoms. The molecule has 3 rings (SSSR count). The Morgan fingerprint density at radius 1 is 0.762 bits per heavy atom. The molecule has 0 amide bonds. The highest BCUT2D eigenvalue weighted by molar-refractivity contribution is 5.79. The fourth-order valence-electron chi connectivity index (χ4n) is 1.94. The summed E-state index contributed by atoms with van der Waals surface area (Å²) in [6, 6.07) is 15.7. The van der Waals surface area contributed by atoms with Gasteiger partial charge in [-0.1, -0.05) is 12.1 Å². The van der Waals surface area contributed by atoms with Gasteiger partial charge < -0.3 is 22.6 Å². The van der Waals surface area contributed by atoms with E-state index < -0.39 is 0 Å². The molecule has 0 saturated heterocycles. The monoisotopic (exact) mass is 300 g/mol. The van der Waals surface area contributed by atoms with Crippen LogP contribution in [0.5, 0.6) is 11.5 Å². The van der Waals surface area contributed by atoms with E-state index in [0.717, 1.165) is 10.9 Å². The van der Waals surface area contributed by atoms with E-state index >= 15 is 0 Å². The lowest BCUT2D eigenvalue weighted by Gasteiger charge is -1.93. The van der Waals surface area contributed by atoms with Crippen molar-refractivity contribution in [3.8, 4) is 11.5 Å². The average Bonchev–Trinajstić information content (AvgIpc) is 2.46. The molecule has 2 aromatic carbocycles. The molecule has 0 aliphatic carbocycles. The maximum atomic E-state index is 9.45. The zero-order valence-electron chi connectivity index (χ0n) is 11.0. The van der Waals surface area contributed by atoms with Gasteiger partial charge in [0.15, 0.2) is 0 Å². The molecule has 0 fully saturated rings. The number of aromatic hydroxyl groups is 2. The molecule has 0 aliphatic rings. The maximum absolute atomic E-state index is 9.45. The summed E-state index contributed by atoms with van der Waals surface area (Å²) in [5.74, 6) is 1.12. The Balaban J connectivity index is 0.00000161. The second-order valence-electron chi connectivity index (χ2n) is 4.48. The van der Waals surface area contributed by atoms with Crippen LogP contribution in [0.3, 0.4) is 0 Å². The maximum Gasteiger partial charge on any atom is 0.364 e. The van der Waals surface area contributed by atoms with Crippen LogP contribution < -0.4 is 12.4 Å². The van der Waals surface area contributed by atoms with Gasteiger partial charge in [0.1, 0.15) is 11.5 Å². The second kappa shape index (κ2) is 6.29. The zero-order valence-corrected chi connectivity index (χ0v) is 11.8. The summed E-state index contributed by atoms with van der Waals surface area (Å²) in [6.45, 7) is 0. The van der Waals surface area contributed by atoms with E-state index in [1.807, 2.05) is 42.5 Å². The molecule has 106 valence electrons. The SMILES string of the molecule is Oc1ccc(/C=C/c2ccc3ccc(O)cc3[o+]2)cc1.[Cl-]. The number of fused-ring (bicyclic) bond motifs is 1. The summed E-state index contributed by atoms with van der Waals surface area (Å²) in [6.07, 6.45) is 3.74. The van der Waals surface area contributed by atoms with Gasteiger partial charge in [0, 0.05) is 12.1 Å². The van der Waals surface area contributed by atoms with E-state index in [-0.39, 0.29) is 23.9 Å². The van der Waals surface area contributed by atoms with Gasteiger partial charge in [-0.3, -0.25) is 0 Å². The highest BCUT2D eigenvalue weighted by Gasteiger charge is 2.09. The first kappa shape index (κ1) is 14.9. The van der Waals surface area contributed by atoms with E-state index in [9.17, 15) is 10.2 Å². The summed E-state index contributed by atoms with van der Waals surface area (Å²) in [7, 11) is 0. The predicted octanol–water partition coefficient (Wildman–Crippen LogP) is 1.30. The van der Waals surface area contributed by atoms with Crippen LogP contribution in [0, 0.1) is 0 Å². The lowest BCUT2D eigenvalue weighted by atomic mass is 10.2. The third-order valence-corrected chi connectivity index (χ3v) is 2.99. The molecule has 3 aromatic rings. The molecule has 0 radical (unpaired) electrons. The minimum absolute atomic E-state index is 0. The van der Waals surface area contributed by atoms with Crippen LogP contribution in [0.15, 0.2) is 59.0 Å². The Hall–Kier alpha value is -2.52. The van der Waals surface area contributed by atoms with Crippen molar-refractivity contribution in [3.63, 3.8) is 0 Å². The highest BCUT2D eigenvalue weighted by Crippen LogP contribution is 2.22. The number of hydrogen-bond acceptors (Lipinski definition) is 2. The third-order valence-electron chi connectivity index (χ3n) is 2.99. The first-order valence-electron chi connectivity index (χ1n) is 6.24. The molecule has 3 nitrogen and oxygen atoms in total. The quantitative estimate of drug-likeness (QED) is 0.702. The molecular formula is C17H13ClO3. The minimum atomic E-state index is 0. The Morgan fingerprint density at radius 2 is 1.43 bits per heavy atom. The number of phenolic OH excluding ortho intramolecular Hbond substituents is 2. The van der Waals surface area contributed by atoms with Crippen molar-refractivity contribution < 1.29 is 27.0 Å². The summed E-state index contributed by atoms with van der Waals surface area (Å²) in [5.41, 5.74) is 1.60. The Kier molecular flexibility index (Phi) is 4.45. The van der Waals surface area contributed by atoms with Crippen molar-refractivity contribution in [3.05, 3.63) is 65.9 Å². The van der Waals surface area contributed by atoms with E-state index in [4.69, 9.17) is 4.42 Å². The predicted molar refractivity (Wildman–Crippen MR) is 79.3 cm³/mol. The van der Waals surface area contributed by atoms with Crippen LogP contribution in [-0.4, -0.2) is 10.2 Å². The molecule has 0 saturated carbocycles. The van der Waals surface area contributed by atoms with Gasteiger partial charge in [0.05, 0.1) is 11.5 Å². The number of benzene rings is 2. The van der Waals surface area contributed by atoms with Crippen LogP contribution in [0.4, 0.5) is 0 Å². The van der Waals surface area contributed by atoms with E-state index in [1.54, 1.807) is 24.3 Å². The number of halogens is 1. The van der Waals surface area contributed by atoms with Gasteiger partial charge in [-0.05, 0) is 42.0 Å². The molecule has 1 heterocycles. The van der Waals surface area contributed by atoms with Gasteiger partial charge in [-0.2, -0.15) is 0 Å². The second-order valence-corrected chi connectivity index (χ2v) is 4.48. The van der Waals surface area contributed by atoms with E-state index in [2.05, 4.69) is 0 Å². The number of hydrogen-bond donors (Lipinski definition) is 2. The largest absolute Gasteiger partial charge is 1.00 e. The third kappa shape index (κ3) is 3.52. The Morgan fingerprint density at radius 3 is 2.19 bits per heavy atom. The molecule has 2 N–H and O–H groups in total. The van der Waals surface area contributed by atoms with Crippen molar-refractivity contribution in [1.82, 2.24) is 0 Å². The molecule has 0 aliphatic heterocycles. The van der Waals surface area contributed by atoms with Crippen molar-refractivity contribution in [1.29, 1.82) is 0 Å². The Labute approximate surface area is 128 Å². The van der Waals surface area contributed by atoms with Gasteiger partial charge in [-0.15, -0.1) is 0 Å². The fourth-order valence-corrected chi connectivity index (χ4v) is 1.94. The normalized spacial score (nSPS) is 10.7. The Bertz CT molecular complexity index is 780. The van der Waals surface area contributed by atoms with E-state index in [0.29, 0.717) is 11.3 Å². The van der Waals surface area contributed by atoms with Crippen LogP contribution in [0.25, 0.3) is 23.1 Å². The molecular weight excluding hydrogens is 288 g/mol. The van der Waals surface area contributed by atoms with Gasteiger partial charge in [-0.25, -0.2) is 4.42 Å². The zero-order chi connectivity index (χ0) is 13.9. The summed E-state index contributed by atoms with van der Waals surface area (Å²) < 4.78 is 5.69. The van der Waals surface area contributed by atoms with Crippen LogP contribution in [-0.2, 0) is 0 Å². The number of rotatable bonds is 2.